The molecular formula is C15H18N2O2. The number of benzene rings is 1. The van der Waals surface area contributed by atoms with Crippen LogP contribution in [0.2, 0.25) is 0 Å². The molecule has 19 heavy (non-hydrogen) atoms. The van der Waals surface area contributed by atoms with Gasteiger partial charge in [-0.3, -0.25) is 9.69 Å². The van der Waals surface area contributed by atoms with Crippen LogP contribution in [0.3, 0.4) is 0 Å². The number of primary amides is 1. The Morgan fingerprint density at radius 1 is 1.26 bits per heavy atom. The Bertz CT molecular complexity index is 597. The summed E-state index contributed by atoms with van der Waals surface area (Å²) >= 11 is 0. The maximum Gasteiger partial charge on any atom is 0.249 e. The molecule has 3 rings (SSSR count). The lowest BCUT2D eigenvalue weighted by molar-refractivity contribution is 0.100. The SMILES string of the molecule is NC(=O)c1cccc2oc(CN3CCCCC3)cc12. The number of nitrogens with zero attached hydrogens (tertiary/aromatic N) is 1. The highest BCUT2D eigenvalue weighted by Gasteiger charge is 2.15. The first-order valence-corrected chi connectivity index (χ1v) is 6.77. The number of carbonyl (C=O) groups excluding carboxylic acids is 1. The van der Waals surface area contributed by atoms with Gasteiger partial charge >= 0.3 is 0 Å². The number of amides is 1. The summed E-state index contributed by atoms with van der Waals surface area (Å²) in [5, 5.41) is 0.821. The summed E-state index contributed by atoms with van der Waals surface area (Å²) in [6, 6.07) is 7.37. The molecule has 1 amide bonds. The van der Waals surface area contributed by atoms with Crippen molar-refractivity contribution in [1.29, 1.82) is 0 Å². The molecule has 0 radical (unpaired) electrons. The molecule has 0 aliphatic carbocycles. The van der Waals surface area contributed by atoms with Gasteiger partial charge in [-0.25, -0.2) is 0 Å². The van der Waals surface area contributed by atoms with Gasteiger partial charge in [-0.1, -0.05) is 12.5 Å². The van der Waals surface area contributed by atoms with Crippen LogP contribution in [0.25, 0.3) is 11.0 Å². The van der Waals surface area contributed by atoms with E-state index in [1.165, 1.54) is 19.3 Å². The van der Waals surface area contributed by atoms with Crippen molar-refractivity contribution in [3.8, 4) is 0 Å². The number of likely N-dealkylation sites (tertiary alicyclic amines) is 1. The van der Waals surface area contributed by atoms with Crippen LogP contribution in [0.4, 0.5) is 0 Å². The summed E-state index contributed by atoms with van der Waals surface area (Å²) in [5.74, 6) is 0.501. The van der Waals surface area contributed by atoms with Crippen LogP contribution in [-0.4, -0.2) is 23.9 Å². The fourth-order valence-corrected chi connectivity index (χ4v) is 2.74. The second kappa shape index (κ2) is 5.05. The van der Waals surface area contributed by atoms with Gasteiger partial charge in [0.25, 0.3) is 0 Å². The van der Waals surface area contributed by atoms with E-state index in [2.05, 4.69) is 4.90 Å². The highest BCUT2D eigenvalue weighted by molar-refractivity contribution is 6.05. The number of carbonyl (C=O) groups is 1. The van der Waals surface area contributed by atoms with E-state index in [9.17, 15) is 4.79 Å². The third kappa shape index (κ3) is 2.49. The average Bonchev–Trinajstić information content (AvgIpc) is 2.81. The normalized spacial score (nSPS) is 16.8. The molecular weight excluding hydrogens is 240 g/mol. The zero-order valence-electron chi connectivity index (χ0n) is 10.9. The summed E-state index contributed by atoms with van der Waals surface area (Å²) in [6.45, 7) is 3.06. The van der Waals surface area contributed by atoms with Crippen molar-refractivity contribution in [2.75, 3.05) is 13.1 Å². The van der Waals surface area contributed by atoms with E-state index in [1.807, 2.05) is 12.1 Å². The molecule has 2 heterocycles. The number of hydrogen-bond donors (Lipinski definition) is 1. The summed E-state index contributed by atoms with van der Waals surface area (Å²) in [6.07, 6.45) is 3.84. The summed E-state index contributed by atoms with van der Waals surface area (Å²) in [7, 11) is 0. The quantitative estimate of drug-likeness (QED) is 0.920. The van der Waals surface area contributed by atoms with Gasteiger partial charge < -0.3 is 10.2 Å². The van der Waals surface area contributed by atoms with E-state index < -0.39 is 5.91 Å². The van der Waals surface area contributed by atoms with E-state index in [-0.39, 0.29) is 0 Å². The van der Waals surface area contributed by atoms with Crippen LogP contribution in [-0.2, 0) is 6.54 Å². The van der Waals surface area contributed by atoms with Gasteiger partial charge in [-0.15, -0.1) is 0 Å². The van der Waals surface area contributed by atoms with Gasteiger partial charge in [0.2, 0.25) is 5.91 Å². The molecule has 100 valence electrons. The molecule has 1 aromatic carbocycles. The van der Waals surface area contributed by atoms with E-state index in [0.717, 1.165) is 36.4 Å². The molecule has 1 aromatic heterocycles. The maximum atomic E-state index is 11.4. The molecule has 1 aliphatic heterocycles. The predicted molar refractivity (Wildman–Crippen MR) is 73.9 cm³/mol. The summed E-state index contributed by atoms with van der Waals surface area (Å²) in [4.78, 5) is 13.8. The first-order chi connectivity index (χ1) is 9.24. The summed E-state index contributed by atoms with van der Waals surface area (Å²) in [5.41, 5.74) is 6.65. The number of piperidine rings is 1. The molecule has 4 heteroatoms. The van der Waals surface area contributed by atoms with Gasteiger partial charge in [0.1, 0.15) is 11.3 Å². The van der Waals surface area contributed by atoms with Crippen LogP contribution in [0, 0.1) is 0 Å². The Morgan fingerprint density at radius 3 is 2.79 bits per heavy atom. The number of fused-ring (bicyclic) bond motifs is 1. The fraction of sp³-hybridized carbons (Fsp3) is 0.400. The molecule has 0 saturated carbocycles. The fourth-order valence-electron chi connectivity index (χ4n) is 2.74. The molecule has 1 saturated heterocycles. The standard InChI is InChI=1S/C15H18N2O2/c16-15(18)12-5-4-6-14-13(12)9-11(19-14)10-17-7-2-1-3-8-17/h4-6,9H,1-3,7-8,10H2,(H2,16,18). The van der Waals surface area contributed by atoms with Crippen LogP contribution in [0.5, 0.6) is 0 Å². The minimum atomic E-state index is -0.407. The van der Waals surface area contributed by atoms with Crippen molar-refractivity contribution < 1.29 is 9.21 Å². The molecule has 2 N–H and O–H groups in total. The molecule has 0 spiro atoms. The van der Waals surface area contributed by atoms with Crippen LogP contribution in [0.1, 0.15) is 35.4 Å². The molecule has 0 unspecified atom stereocenters. The lowest BCUT2D eigenvalue weighted by Crippen LogP contribution is -2.28. The largest absolute Gasteiger partial charge is 0.460 e. The smallest absolute Gasteiger partial charge is 0.249 e. The molecule has 1 aliphatic rings. The van der Waals surface area contributed by atoms with E-state index in [1.54, 1.807) is 12.1 Å². The van der Waals surface area contributed by atoms with Gasteiger partial charge in [0.05, 0.1) is 12.1 Å². The minimum Gasteiger partial charge on any atom is -0.460 e. The first kappa shape index (κ1) is 12.2. The lowest BCUT2D eigenvalue weighted by atomic mass is 10.1. The van der Waals surface area contributed by atoms with E-state index in [4.69, 9.17) is 10.2 Å². The highest BCUT2D eigenvalue weighted by atomic mass is 16.3. The van der Waals surface area contributed by atoms with Crippen LogP contribution in [0.15, 0.2) is 28.7 Å². The molecule has 0 bridgehead atoms. The van der Waals surface area contributed by atoms with Crippen molar-refractivity contribution >= 4 is 16.9 Å². The second-order valence-electron chi connectivity index (χ2n) is 5.13. The number of nitrogens with two attached hydrogens (primary N) is 1. The molecule has 4 nitrogen and oxygen atoms in total. The number of rotatable bonds is 3. The number of hydrogen-bond acceptors (Lipinski definition) is 3. The van der Waals surface area contributed by atoms with Crippen molar-refractivity contribution in [3.05, 3.63) is 35.6 Å². The maximum absolute atomic E-state index is 11.4. The van der Waals surface area contributed by atoms with Gasteiger partial charge in [-0.05, 0) is 44.1 Å². The third-order valence-electron chi connectivity index (χ3n) is 3.71. The van der Waals surface area contributed by atoms with Crippen molar-refractivity contribution in [2.24, 2.45) is 5.73 Å². The first-order valence-electron chi connectivity index (χ1n) is 6.77. The Kier molecular flexibility index (Phi) is 3.25. The highest BCUT2D eigenvalue weighted by Crippen LogP contribution is 2.24. The third-order valence-corrected chi connectivity index (χ3v) is 3.71. The van der Waals surface area contributed by atoms with Crippen molar-refractivity contribution in [2.45, 2.75) is 25.8 Å². The van der Waals surface area contributed by atoms with Crippen LogP contribution < -0.4 is 5.73 Å². The van der Waals surface area contributed by atoms with Crippen molar-refractivity contribution in [3.63, 3.8) is 0 Å². The van der Waals surface area contributed by atoms with E-state index in [0.29, 0.717) is 5.56 Å². The Morgan fingerprint density at radius 2 is 2.05 bits per heavy atom. The Labute approximate surface area is 112 Å². The minimum absolute atomic E-state index is 0.407. The Hall–Kier alpha value is -1.81. The van der Waals surface area contributed by atoms with E-state index >= 15 is 0 Å². The predicted octanol–water partition coefficient (Wildman–Crippen LogP) is 2.52. The zero-order valence-corrected chi connectivity index (χ0v) is 10.9. The van der Waals surface area contributed by atoms with Gasteiger partial charge in [0.15, 0.2) is 0 Å². The monoisotopic (exact) mass is 258 g/mol. The van der Waals surface area contributed by atoms with Crippen LogP contribution >= 0.6 is 0 Å². The topological polar surface area (TPSA) is 59.5 Å². The van der Waals surface area contributed by atoms with Gasteiger partial charge in [0, 0.05) is 5.39 Å². The average molecular weight is 258 g/mol. The summed E-state index contributed by atoms with van der Waals surface area (Å²) < 4.78 is 5.81. The Balaban J connectivity index is 1.88. The lowest BCUT2D eigenvalue weighted by Gasteiger charge is -2.25. The van der Waals surface area contributed by atoms with Crippen molar-refractivity contribution in [1.82, 2.24) is 4.90 Å². The molecule has 0 atom stereocenters. The zero-order chi connectivity index (χ0) is 13.2. The number of furan rings is 1. The second-order valence-corrected chi connectivity index (χ2v) is 5.13. The van der Waals surface area contributed by atoms with Gasteiger partial charge in [-0.2, -0.15) is 0 Å². The molecule has 2 aromatic rings. The molecule has 1 fully saturated rings.